The first-order chi connectivity index (χ1) is 10.8. The Morgan fingerprint density at radius 1 is 1.09 bits per heavy atom. The lowest BCUT2D eigenvalue weighted by Crippen LogP contribution is -2.28. The minimum atomic E-state index is 0.763. The van der Waals surface area contributed by atoms with Gasteiger partial charge in [0.2, 0.25) is 0 Å². The van der Waals surface area contributed by atoms with Gasteiger partial charge in [-0.1, -0.05) is 18.1 Å². The molecule has 2 nitrogen and oxygen atoms in total. The van der Waals surface area contributed by atoms with Gasteiger partial charge in [-0.2, -0.15) is 0 Å². The molecule has 1 fully saturated rings. The molecular weight excluding hydrogens is 292 g/mol. The van der Waals surface area contributed by atoms with Crippen molar-refractivity contribution < 1.29 is 0 Å². The lowest BCUT2D eigenvalue weighted by Gasteiger charge is -2.26. The van der Waals surface area contributed by atoms with Crippen LogP contribution < -0.4 is 0 Å². The molecule has 0 bridgehead atoms. The molecule has 2 heterocycles. The molecule has 3 rings (SSSR count). The number of rotatable bonds is 6. The highest BCUT2D eigenvalue weighted by molar-refractivity contribution is 6.17. The number of aryl methyl sites for hydroxylation is 2. The van der Waals surface area contributed by atoms with Gasteiger partial charge in [-0.25, -0.2) is 0 Å². The van der Waals surface area contributed by atoms with Crippen LogP contribution in [0.2, 0.25) is 0 Å². The zero-order valence-electron chi connectivity index (χ0n) is 13.7. The fraction of sp³-hybridized carbons (Fsp3) is 0.579. The maximum Gasteiger partial charge on any atom is 0.0483 e. The minimum Gasteiger partial charge on any atom is -0.347 e. The standard InChI is InChI=1S/C19H27ClN2/c1-16-7-8-19-18(13-16)17(14-21-10-4-2-5-11-21)15-22(19)12-6-3-9-20/h7-8,13,15H,2-6,9-12,14H2,1H3. The predicted molar refractivity (Wildman–Crippen MR) is 95.8 cm³/mol. The van der Waals surface area contributed by atoms with Crippen LogP contribution in [0.25, 0.3) is 10.9 Å². The van der Waals surface area contributed by atoms with Crippen molar-refractivity contribution in [2.24, 2.45) is 0 Å². The third-order valence-electron chi connectivity index (χ3n) is 4.74. The highest BCUT2D eigenvalue weighted by Gasteiger charge is 2.14. The summed E-state index contributed by atoms with van der Waals surface area (Å²) in [5, 5.41) is 1.44. The number of benzene rings is 1. The predicted octanol–water partition coefficient (Wildman–Crippen LogP) is 4.95. The number of hydrogen-bond acceptors (Lipinski definition) is 1. The number of aromatic nitrogens is 1. The van der Waals surface area contributed by atoms with E-state index in [2.05, 4.69) is 40.8 Å². The number of hydrogen-bond donors (Lipinski definition) is 0. The van der Waals surface area contributed by atoms with Gasteiger partial charge in [0.1, 0.15) is 0 Å². The molecule has 1 aliphatic heterocycles. The normalized spacial score (nSPS) is 16.5. The van der Waals surface area contributed by atoms with Crippen molar-refractivity contribution in [3.63, 3.8) is 0 Å². The van der Waals surface area contributed by atoms with Gasteiger partial charge in [0.15, 0.2) is 0 Å². The van der Waals surface area contributed by atoms with E-state index in [-0.39, 0.29) is 0 Å². The van der Waals surface area contributed by atoms with Crippen molar-refractivity contribution in [2.75, 3.05) is 19.0 Å². The SMILES string of the molecule is Cc1ccc2c(c1)c(CN1CCCCC1)cn2CCCCCl. The molecule has 1 aliphatic rings. The van der Waals surface area contributed by atoms with E-state index in [1.54, 1.807) is 0 Å². The monoisotopic (exact) mass is 318 g/mol. The second-order valence-corrected chi connectivity index (χ2v) is 6.98. The highest BCUT2D eigenvalue weighted by atomic mass is 35.5. The van der Waals surface area contributed by atoms with Crippen LogP contribution in [-0.2, 0) is 13.1 Å². The van der Waals surface area contributed by atoms with Crippen molar-refractivity contribution >= 4 is 22.5 Å². The first kappa shape index (κ1) is 15.9. The van der Waals surface area contributed by atoms with Gasteiger partial charge in [0.25, 0.3) is 0 Å². The topological polar surface area (TPSA) is 8.17 Å². The molecule has 2 aromatic rings. The second-order valence-electron chi connectivity index (χ2n) is 6.60. The maximum absolute atomic E-state index is 5.82. The largest absolute Gasteiger partial charge is 0.347 e. The summed E-state index contributed by atoms with van der Waals surface area (Å²) in [6.07, 6.45) is 8.74. The molecular formula is C19H27ClN2. The lowest BCUT2D eigenvalue weighted by molar-refractivity contribution is 0.221. The number of piperidine rings is 1. The van der Waals surface area contributed by atoms with Gasteiger partial charge < -0.3 is 4.57 Å². The number of unbranched alkanes of at least 4 members (excludes halogenated alkanes) is 1. The van der Waals surface area contributed by atoms with Gasteiger partial charge in [0.05, 0.1) is 0 Å². The number of nitrogens with zero attached hydrogens (tertiary/aromatic N) is 2. The van der Waals surface area contributed by atoms with E-state index in [4.69, 9.17) is 11.6 Å². The van der Waals surface area contributed by atoms with Crippen molar-refractivity contribution in [2.45, 2.75) is 52.1 Å². The zero-order chi connectivity index (χ0) is 15.4. The number of fused-ring (bicyclic) bond motifs is 1. The number of likely N-dealkylation sites (tertiary alicyclic amines) is 1. The Balaban J connectivity index is 1.85. The molecule has 0 unspecified atom stereocenters. The molecule has 120 valence electrons. The Hall–Kier alpha value is -0.990. The van der Waals surface area contributed by atoms with Crippen LogP contribution in [0.4, 0.5) is 0 Å². The van der Waals surface area contributed by atoms with E-state index in [9.17, 15) is 0 Å². The third kappa shape index (κ3) is 3.67. The van der Waals surface area contributed by atoms with Crippen LogP contribution in [0.1, 0.15) is 43.2 Å². The fourth-order valence-electron chi connectivity index (χ4n) is 3.53. The Labute approximate surface area is 139 Å². The second kappa shape index (κ2) is 7.52. The summed E-state index contributed by atoms with van der Waals surface area (Å²) >= 11 is 5.82. The molecule has 0 radical (unpaired) electrons. The minimum absolute atomic E-state index is 0.763. The Kier molecular flexibility index (Phi) is 5.43. The molecule has 0 spiro atoms. The Morgan fingerprint density at radius 3 is 2.68 bits per heavy atom. The fourth-order valence-corrected chi connectivity index (χ4v) is 3.72. The van der Waals surface area contributed by atoms with Gasteiger partial charge >= 0.3 is 0 Å². The summed E-state index contributed by atoms with van der Waals surface area (Å²) < 4.78 is 2.43. The zero-order valence-corrected chi connectivity index (χ0v) is 14.4. The summed E-state index contributed by atoms with van der Waals surface area (Å²) in [5.41, 5.74) is 4.23. The van der Waals surface area contributed by atoms with E-state index in [1.807, 2.05) is 0 Å². The smallest absolute Gasteiger partial charge is 0.0483 e. The Morgan fingerprint density at radius 2 is 1.91 bits per heavy atom. The van der Waals surface area contributed by atoms with Gasteiger partial charge in [0, 0.05) is 36.1 Å². The Bertz CT molecular complexity index is 611. The van der Waals surface area contributed by atoms with E-state index in [0.29, 0.717) is 0 Å². The number of halogens is 1. The van der Waals surface area contributed by atoms with E-state index in [0.717, 1.165) is 31.8 Å². The quantitative estimate of drug-likeness (QED) is 0.540. The molecule has 1 saturated heterocycles. The molecule has 1 aromatic heterocycles. The molecule has 1 aromatic carbocycles. The van der Waals surface area contributed by atoms with E-state index < -0.39 is 0 Å². The summed E-state index contributed by atoms with van der Waals surface area (Å²) in [7, 11) is 0. The molecule has 0 amide bonds. The van der Waals surface area contributed by atoms with Crippen LogP contribution in [0.5, 0.6) is 0 Å². The molecule has 3 heteroatoms. The summed E-state index contributed by atoms with van der Waals surface area (Å²) in [6, 6.07) is 6.86. The highest BCUT2D eigenvalue weighted by Crippen LogP contribution is 2.25. The average Bonchev–Trinajstić information content (AvgIpc) is 2.86. The van der Waals surface area contributed by atoms with Crippen LogP contribution in [0.15, 0.2) is 24.4 Å². The van der Waals surface area contributed by atoms with Crippen LogP contribution in [0, 0.1) is 6.92 Å². The van der Waals surface area contributed by atoms with E-state index in [1.165, 1.54) is 54.4 Å². The number of alkyl halides is 1. The summed E-state index contributed by atoms with van der Waals surface area (Å²) in [5.74, 6) is 0.763. The van der Waals surface area contributed by atoms with Crippen molar-refractivity contribution in [3.8, 4) is 0 Å². The molecule has 0 atom stereocenters. The molecule has 0 N–H and O–H groups in total. The van der Waals surface area contributed by atoms with Crippen LogP contribution in [0.3, 0.4) is 0 Å². The van der Waals surface area contributed by atoms with Gasteiger partial charge in [-0.3, -0.25) is 4.90 Å². The van der Waals surface area contributed by atoms with Crippen LogP contribution in [-0.4, -0.2) is 28.4 Å². The molecule has 22 heavy (non-hydrogen) atoms. The average molecular weight is 319 g/mol. The summed E-state index contributed by atoms with van der Waals surface area (Å²) in [4.78, 5) is 2.61. The molecule has 0 saturated carbocycles. The first-order valence-electron chi connectivity index (χ1n) is 8.64. The van der Waals surface area contributed by atoms with Gasteiger partial charge in [-0.05, 0) is 63.4 Å². The van der Waals surface area contributed by atoms with E-state index >= 15 is 0 Å². The summed E-state index contributed by atoms with van der Waals surface area (Å²) in [6.45, 7) is 6.87. The van der Waals surface area contributed by atoms with Crippen molar-refractivity contribution in [1.29, 1.82) is 0 Å². The molecule has 0 aliphatic carbocycles. The maximum atomic E-state index is 5.82. The third-order valence-corrected chi connectivity index (χ3v) is 5.01. The first-order valence-corrected chi connectivity index (χ1v) is 9.18. The van der Waals surface area contributed by atoms with Crippen LogP contribution >= 0.6 is 11.6 Å². The van der Waals surface area contributed by atoms with Gasteiger partial charge in [-0.15, -0.1) is 11.6 Å². The van der Waals surface area contributed by atoms with Crippen molar-refractivity contribution in [1.82, 2.24) is 9.47 Å². The lowest BCUT2D eigenvalue weighted by atomic mass is 10.1. The van der Waals surface area contributed by atoms with Crippen molar-refractivity contribution in [3.05, 3.63) is 35.5 Å².